The van der Waals surface area contributed by atoms with Crippen molar-refractivity contribution in [2.24, 2.45) is 0 Å². The normalized spacial score (nSPS) is 10.6. The number of amides is 2. The van der Waals surface area contributed by atoms with Crippen LogP contribution in [0.3, 0.4) is 0 Å². The molecular weight excluding hydrogens is 378 g/mol. The van der Waals surface area contributed by atoms with Crippen LogP contribution in [0.5, 0.6) is 5.75 Å². The molecule has 0 atom stereocenters. The first kappa shape index (κ1) is 21.7. The van der Waals surface area contributed by atoms with Crippen LogP contribution < -0.4 is 15.4 Å². The summed E-state index contributed by atoms with van der Waals surface area (Å²) in [6.45, 7) is 7.20. The van der Waals surface area contributed by atoms with E-state index in [1.165, 1.54) is 0 Å². The van der Waals surface area contributed by atoms with E-state index in [0.29, 0.717) is 28.6 Å². The highest BCUT2D eigenvalue weighted by Gasteiger charge is 2.13. The molecule has 2 rings (SSSR count). The van der Waals surface area contributed by atoms with Gasteiger partial charge in [-0.3, -0.25) is 9.59 Å². The first-order valence-corrected chi connectivity index (χ1v) is 9.69. The molecule has 0 heterocycles. The van der Waals surface area contributed by atoms with Gasteiger partial charge in [0.15, 0.2) is 6.61 Å². The largest absolute Gasteiger partial charge is 0.484 e. The predicted octanol–water partition coefficient (Wildman–Crippen LogP) is 3.43. The van der Waals surface area contributed by atoms with E-state index in [0.717, 1.165) is 19.6 Å². The van der Waals surface area contributed by atoms with Gasteiger partial charge in [0, 0.05) is 18.1 Å². The first-order valence-electron chi connectivity index (χ1n) is 9.31. The average Bonchev–Trinajstić information content (AvgIpc) is 2.71. The number of hydrogen-bond donors (Lipinski definition) is 2. The number of ether oxygens (including phenoxy) is 1. The standard InChI is InChI=1S/C21H26ClN3O3/c1-3-25(4-2)14-13-23-21(27)18-7-5-6-8-19(18)24-20(26)15-28-17-11-9-16(22)10-12-17/h5-12H,3-4,13-15H2,1-2H3,(H,23,27)(H,24,26). The summed E-state index contributed by atoms with van der Waals surface area (Å²) in [6, 6.07) is 13.7. The molecule has 0 aliphatic heterocycles. The lowest BCUT2D eigenvalue weighted by molar-refractivity contribution is -0.118. The van der Waals surface area contributed by atoms with Gasteiger partial charge >= 0.3 is 0 Å². The van der Waals surface area contributed by atoms with Crippen LogP contribution in [0.1, 0.15) is 24.2 Å². The molecule has 0 fully saturated rings. The van der Waals surface area contributed by atoms with Gasteiger partial charge in [0.25, 0.3) is 11.8 Å². The van der Waals surface area contributed by atoms with Gasteiger partial charge in [0.2, 0.25) is 0 Å². The highest BCUT2D eigenvalue weighted by Crippen LogP contribution is 2.17. The molecular formula is C21H26ClN3O3. The Morgan fingerprint density at radius 1 is 1.04 bits per heavy atom. The van der Waals surface area contributed by atoms with Crippen LogP contribution in [0.4, 0.5) is 5.69 Å². The third-order valence-corrected chi connectivity index (χ3v) is 4.49. The van der Waals surface area contributed by atoms with Crippen LogP contribution in [-0.4, -0.2) is 49.5 Å². The van der Waals surface area contributed by atoms with Gasteiger partial charge in [-0.2, -0.15) is 0 Å². The molecule has 0 saturated heterocycles. The molecule has 0 unspecified atom stereocenters. The van der Waals surface area contributed by atoms with Crippen molar-refractivity contribution >= 4 is 29.1 Å². The summed E-state index contributed by atoms with van der Waals surface area (Å²) >= 11 is 5.82. The van der Waals surface area contributed by atoms with Crippen molar-refractivity contribution in [3.8, 4) is 5.75 Å². The second-order valence-electron chi connectivity index (χ2n) is 6.12. The summed E-state index contributed by atoms with van der Waals surface area (Å²) in [4.78, 5) is 26.9. The fourth-order valence-electron chi connectivity index (χ4n) is 2.62. The zero-order valence-corrected chi connectivity index (χ0v) is 17.0. The van der Waals surface area contributed by atoms with Crippen molar-refractivity contribution in [2.45, 2.75) is 13.8 Å². The van der Waals surface area contributed by atoms with Crippen LogP contribution in [0.15, 0.2) is 48.5 Å². The number of carbonyl (C=O) groups excluding carboxylic acids is 2. The zero-order valence-electron chi connectivity index (χ0n) is 16.2. The smallest absolute Gasteiger partial charge is 0.262 e. The van der Waals surface area contributed by atoms with Crippen molar-refractivity contribution in [1.82, 2.24) is 10.2 Å². The zero-order chi connectivity index (χ0) is 20.4. The lowest BCUT2D eigenvalue weighted by Gasteiger charge is -2.18. The molecule has 2 aromatic carbocycles. The third-order valence-electron chi connectivity index (χ3n) is 4.24. The molecule has 6 nitrogen and oxygen atoms in total. The Kier molecular flexibility index (Phi) is 8.78. The molecule has 0 aliphatic carbocycles. The lowest BCUT2D eigenvalue weighted by Crippen LogP contribution is -2.35. The van der Waals surface area contributed by atoms with Crippen molar-refractivity contribution in [3.63, 3.8) is 0 Å². The third kappa shape index (κ3) is 6.87. The van der Waals surface area contributed by atoms with Gasteiger partial charge in [-0.25, -0.2) is 0 Å². The minimum absolute atomic E-state index is 0.167. The first-order chi connectivity index (χ1) is 13.5. The topological polar surface area (TPSA) is 70.7 Å². The summed E-state index contributed by atoms with van der Waals surface area (Å²) < 4.78 is 5.43. The number of nitrogens with one attached hydrogen (secondary N) is 2. The number of rotatable bonds is 10. The fraction of sp³-hybridized carbons (Fsp3) is 0.333. The molecule has 150 valence electrons. The summed E-state index contributed by atoms with van der Waals surface area (Å²) in [7, 11) is 0. The number of carbonyl (C=O) groups is 2. The number of anilines is 1. The Hall–Kier alpha value is -2.57. The quantitative estimate of drug-likeness (QED) is 0.637. The van der Waals surface area contributed by atoms with Crippen LogP contribution >= 0.6 is 11.6 Å². The summed E-state index contributed by atoms with van der Waals surface area (Å²) in [6.07, 6.45) is 0. The SMILES string of the molecule is CCN(CC)CCNC(=O)c1ccccc1NC(=O)COc1ccc(Cl)cc1. The van der Waals surface area contributed by atoms with Crippen molar-refractivity contribution < 1.29 is 14.3 Å². The molecule has 28 heavy (non-hydrogen) atoms. The Labute approximate surface area is 170 Å². The molecule has 0 aromatic heterocycles. The van der Waals surface area contributed by atoms with Crippen LogP contribution in [0.2, 0.25) is 5.02 Å². The van der Waals surface area contributed by atoms with E-state index in [-0.39, 0.29) is 18.4 Å². The van der Waals surface area contributed by atoms with E-state index in [1.807, 2.05) is 0 Å². The lowest BCUT2D eigenvalue weighted by atomic mass is 10.1. The predicted molar refractivity (Wildman–Crippen MR) is 112 cm³/mol. The molecule has 0 aliphatic rings. The van der Waals surface area contributed by atoms with Gasteiger partial charge in [0.1, 0.15) is 5.75 Å². The molecule has 0 radical (unpaired) electrons. The molecule has 2 amide bonds. The molecule has 0 spiro atoms. The number of halogens is 1. The molecule has 2 N–H and O–H groups in total. The average molecular weight is 404 g/mol. The van der Waals surface area contributed by atoms with Crippen LogP contribution in [-0.2, 0) is 4.79 Å². The number of para-hydroxylation sites is 1. The maximum absolute atomic E-state index is 12.5. The minimum Gasteiger partial charge on any atom is -0.484 e. The maximum atomic E-state index is 12.5. The Balaban J connectivity index is 1.90. The Morgan fingerprint density at radius 2 is 1.71 bits per heavy atom. The number of hydrogen-bond acceptors (Lipinski definition) is 4. The summed E-state index contributed by atoms with van der Waals surface area (Å²) in [5.74, 6) is -0.0259. The van der Waals surface area contributed by atoms with Gasteiger partial charge in [-0.05, 0) is 49.5 Å². The van der Waals surface area contributed by atoms with Gasteiger partial charge in [-0.1, -0.05) is 37.6 Å². The molecule has 0 saturated carbocycles. The second-order valence-corrected chi connectivity index (χ2v) is 6.56. The van der Waals surface area contributed by atoms with Gasteiger partial charge in [0.05, 0.1) is 11.3 Å². The number of benzene rings is 2. The summed E-state index contributed by atoms with van der Waals surface area (Å²) in [5, 5.41) is 6.23. The number of likely N-dealkylation sites (N-methyl/N-ethyl adjacent to an activating group) is 1. The van der Waals surface area contributed by atoms with Crippen molar-refractivity contribution in [3.05, 3.63) is 59.1 Å². The van der Waals surface area contributed by atoms with E-state index in [1.54, 1.807) is 48.5 Å². The minimum atomic E-state index is -0.349. The molecule has 0 bridgehead atoms. The Morgan fingerprint density at radius 3 is 2.39 bits per heavy atom. The van der Waals surface area contributed by atoms with Crippen LogP contribution in [0, 0.1) is 0 Å². The molecule has 2 aromatic rings. The molecule has 7 heteroatoms. The Bertz CT molecular complexity index is 777. The van der Waals surface area contributed by atoms with Crippen molar-refractivity contribution in [1.29, 1.82) is 0 Å². The van der Waals surface area contributed by atoms with Crippen molar-refractivity contribution in [2.75, 3.05) is 38.1 Å². The fourth-order valence-corrected chi connectivity index (χ4v) is 2.74. The van der Waals surface area contributed by atoms with Gasteiger partial charge < -0.3 is 20.3 Å². The van der Waals surface area contributed by atoms with Crippen LogP contribution in [0.25, 0.3) is 0 Å². The van der Waals surface area contributed by atoms with E-state index >= 15 is 0 Å². The van der Waals surface area contributed by atoms with E-state index in [9.17, 15) is 9.59 Å². The van der Waals surface area contributed by atoms with E-state index in [2.05, 4.69) is 29.4 Å². The highest BCUT2D eigenvalue weighted by molar-refractivity contribution is 6.30. The monoisotopic (exact) mass is 403 g/mol. The van der Waals surface area contributed by atoms with E-state index < -0.39 is 0 Å². The maximum Gasteiger partial charge on any atom is 0.262 e. The second kappa shape index (κ2) is 11.3. The highest BCUT2D eigenvalue weighted by atomic mass is 35.5. The summed E-state index contributed by atoms with van der Waals surface area (Å²) in [5.41, 5.74) is 0.870. The van der Waals surface area contributed by atoms with E-state index in [4.69, 9.17) is 16.3 Å². The number of nitrogens with zero attached hydrogens (tertiary/aromatic N) is 1. The van der Waals surface area contributed by atoms with Gasteiger partial charge in [-0.15, -0.1) is 0 Å².